The van der Waals surface area contributed by atoms with Gasteiger partial charge in [0.05, 0.1) is 10.6 Å². The summed E-state index contributed by atoms with van der Waals surface area (Å²) >= 11 is 0. The van der Waals surface area contributed by atoms with Crippen molar-refractivity contribution in [1.29, 1.82) is 0 Å². The van der Waals surface area contributed by atoms with E-state index >= 15 is 0 Å². The van der Waals surface area contributed by atoms with Crippen LogP contribution in [-0.4, -0.2) is 42.2 Å². The summed E-state index contributed by atoms with van der Waals surface area (Å²) in [5.74, 6) is -0.0434. The maximum atomic E-state index is 11.7. The molecular formula is C12H21N3O4S2. The van der Waals surface area contributed by atoms with Gasteiger partial charge in [-0.2, -0.15) is 0 Å². The Hall–Kier alpha value is -1.16. The van der Waals surface area contributed by atoms with E-state index in [-0.39, 0.29) is 17.2 Å². The smallest absolute Gasteiger partial charge is 0.240 e. The number of anilines is 1. The summed E-state index contributed by atoms with van der Waals surface area (Å²) in [7, 11) is -6.72. The van der Waals surface area contributed by atoms with Gasteiger partial charge in [0.25, 0.3) is 0 Å². The van der Waals surface area contributed by atoms with Crippen molar-refractivity contribution < 1.29 is 16.8 Å². The molecule has 21 heavy (non-hydrogen) atoms. The molecule has 0 aromatic heterocycles. The Morgan fingerprint density at radius 3 is 2.00 bits per heavy atom. The van der Waals surface area contributed by atoms with E-state index in [9.17, 15) is 16.8 Å². The third-order valence-corrected chi connectivity index (χ3v) is 5.59. The van der Waals surface area contributed by atoms with E-state index in [1.807, 2.05) is 0 Å². The molecule has 0 spiro atoms. The largest absolute Gasteiger partial charge is 0.384 e. The summed E-state index contributed by atoms with van der Waals surface area (Å²) in [5.41, 5.74) is 0.664. The molecule has 0 atom stereocenters. The third-order valence-electron chi connectivity index (χ3n) is 2.56. The van der Waals surface area contributed by atoms with Crippen LogP contribution in [0.3, 0.4) is 0 Å². The van der Waals surface area contributed by atoms with Crippen LogP contribution < -0.4 is 14.8 Å². The Labute approximate surface area is 126 Å². The summed E-state index contributed by atoms with van der Waals surface area (Å²) in [6, 6.07) is 6.15. The van der Waals surface area contributed by atoms with Gasteiger partial charge in [0.2, 0.25) is 20.0 Å². The van der Waals surface area contributed by atoms with Crippen LogP contribution in [0.5, 0.6) is 0 Å². The van der Waals surface area contributed by atoms with Gasteiger partial charge in [-0.25, -0.2) is 26.3 Å². The Bertz CT molecular complexity index is 640. The maximum Gasteiger partial charge on any atom is 0.240 e. The zero-order valence-electron chi connectivity index (χ0n) is 12.1. The first-order valence-corrected chi connectivity index (χ1v) is 9.75. The number of hydrogen-bond donors (Lipinski definition) is 3. The molecule has 0 aliphatic heterocycles. The van der Waals surface area contributed by atoms with Crippen LogP contribution >= 0.6 is 0 Å². The van der Waals surface area contributed by atoms with Gasteiger partial charge in [-0.3, -0.25) is 0 Å². The van der Waals surface area contributed by atoms with E-state index in [1.54, 1.807) is 26.0 Å². The number of sulfonamides is 2. The van der Waals surface area contributed by atoms with Gasteiger partial charge in [-0.1, -0.05) is 13.8 Å². The van der Waals surface area contributed by atoms with Crippen LogP contribution in [-0.2, 0) is 20.0 Å². The highest BCUT2D eigenvalue weighted by Gasteiger charge is 2.12. The molecule has 1 aromatic rings. The van der Waals surface area contributed by atoms with Crippen molar-refractivity contribution in [2.24, 2.45) is 0 Å². The lowest BCUT2D eigenvalue weighted by Gasteiger charge is -2.09. The van der Waals surface area contributed by atoms with E-state index in [0.29, 0.717) is 18.8 Å². The van der Waals surface area contributed by atoms with Crippen molar-refractivity contribution in [3.05, 3.63) is 24.3 Å². The topological polar surface area (TPSA) is 104 Å². The standard InChI is InChI=1S/C12H21N3O4S2/c1-3-14-20(16,17)10-9-13-11-5-7-12(8-6-11)21(18,19)15-4-2/h5-8,13-15H,3-4,9-10H2,1-2H3. The number of rotatable bonds is 9. The Balaban J connectivity index is 2.60. The predicted octanol–water partition coefficient (Wildman–Crippen LogP) is 0.336. The second-order valence-corrected chi connectivity index (χ2v) is 7.96. The molecule has 0 aliphatic rings. The molecule has 0 bridgehead atoms. The maximum absolute atomic E-state index is 11.7. The van der Waals surface area contributed by atoms with Crippen LogP contribution in [0, 0.1) is 0 Å². The van der Waals surface area contributed by atoms with Crippen molar-refractivity contribution in [2.75, 3.05) is 30.7 Å². The first-order valence-electron chi connectivity index (χ1n) is 6.61. The fourth-order valence-electron chi connectivity index (χ4n) is 1.65. The molecule has 0 fully saturated rings. The molecule has 7 nitrogen and oxygen atoms in total. The van der Waals surface area contributed by atoms with Crippen LogP contribution in [0.1, 0.15) is 13.8 Å². The predicted molar refractivity (Wildman–Crippen MR) is 83.3 cm³/mol. The fourth-order valence-corrected chi connectivity index (χ4v) is 3.64. The van der Waals surface area contributed by atoms with Gasteiger partial charge < -0.3 is 5.32 Å². The lowest BCUT2D eigenvalue weighted by atomic mass is 10.3. The zero-order valence-corrected chi connectivity index (χ0v) is 13.7. The summed E-state index contributed by atoms with van der Waals surface area (Å²) in [5, 5.41) is 2.94. The van der Waals surface area contributed by atoms with Gasteiger partial charge in [0, 0.05) is 25.3 Å². The first kappa shape index (κ1) is 17.9. The molecule has 0 heterocycles. The van der Waals surface area contributed by atoms with Crippen molar-refractivity contribution in [3.63, 3.8) is 0 Å². The van der Waals surface area contributed by atoms with Crippen LogP contribution in [0.2, 0.25) is 0 Å². The van der Waals surface area contributed by atoms with Gasteiger partial charge >= 0.3 is 0 Å². The highest BCUT2D eigenvalue weighted by molar-refractivity contribution is 7.89. The molecule has 0 amide bonds. The highest BCUT2D eigenvalue weighted by Crippen LogP contribution is 2.13. The van der Waals surface area contributed by atoms with Crippen LogP contribution in [0.25, 0.3) is 0 Å². The van der Waals surface area contributed by atoms with E-state index < -0.39 is 20.0 Å². The van der Waals surface area contributed by atoms with Crippen molar-refractivity contribution in [2.45, 2.75) is 18.7 Å². The second kappa shape index (κ2) is 7.74. The Kier molecular flexibility index (Phi) is 6.59. The van der Waals surface area contributed by atoms with E-state index in [1.165, 1.54) is 12.1 Å². The minimum Gasteiger partial charge on any atom is -0.384 e. The summed E-state index contributed by atoms with van der Waals surface area (Å²) in [4.78, 5) is 0.176. The zero-order chi connectivity index (χ0) is 15.9. The average Bonchev–Trinajstić information content (AvgIpc) is 2.39. The molecule has 0 radical (unpaired) electrons. The molecule has 1 rings (SSSR count). The molecule has 9 heteroatoms. The normalized spacial score (nSPS) is 12.3. The summed E-state index contributed by atoms with van der Waals surface area (Å²) < 4.78 is 51.2. The van der Waals surface area contributed by atoms with E-state index in [4.69, 9.17) is 0 Å². The quantitative estimate of drug-likeness (QED) is 0.603. The van der Waals surface area contributed by atoms with Crippen molar-refractivity contribution >= 4 is 25.7 Å². The molecule has 0 saturated heterocycles. The SMILES string of the molecule is CCNS(=O)(=O)CCNc1ccc(S(=O)(=O)NCC)cc1. The van der Waals surface area contributed by atoms with Crippen LogP contribution in [0.15, 0.2) is 29.2 Å². The van der Waals surface area contributed by atoms with Crippen LogP contribution in [0.4, 0.5) is 5.69 Å². The van der Waals surface area contributed by atoms with Crippen molar-refractivity contribution in [3.8, 4) is 0 Å². The lowest BCUT2D eigenvalue weighted by molar-refractivity contribution is 0.582. The third kappa shape index (κ3) is 6.00. The molecule has 3 N–H and O–H groups in total. The Morgan fingerprint density at radius 2 is 1.48 bits per heavy atom. The first-order chi connectivity index (χ1) is 9.80. The van der Waals surface area contributed by atoms with Gasteiger partial charge in [0.15, 0.2) is 0 Å². The summed E-state index contributed by atoms with van der Waals surface area (Å²) in [6.45, 7) is 4.35. The number of nitrogens with one attached hydrogen (secondary N) is 3. The monoisotopic (exact) mass is 335 g/mol. The molecule has 0 unspecified atom stereocenters. The summed E-state index contributed by atoms with van der Waals surface area (Å²) in [6.07, 6.45) is 0. The average molecular weight is 335 g/mol. The Morgan fingerprint density at radius 1 is 0.905 bits per heavy atom. The van der Waals surface area contributed by atoms with Gasteiger partial charge in [-0.05, 0) is 24.3 Å². The fraction of sp³-hybridized carbons (Fsp3) is 0.500. The molecule has 0 aliphatic carbocycles. The van der Waals surface area contributed by atoms with Crippen molar-refractivity contribution in [1.82, 2.24) is 9.44 Å². The lowest BCUT2D eigenvalue weighted by Crippen LogP contribution is -2.29. The molecule has 120 valence electrons. The highest BCUT2D eigenvalue weighted by atomic mass is 32.2. The van der Waals surface area contributed by atoms with Gasteiger partial charge in [0.1, 0.15) is 0 Å². The van der Waals surface area contributed by atoms with E-state index in [2.05, 4.69) is 14.8 Å². The number of hydrogen-bond acceptors (Lipinski definition) is 5. The minimum atomic E-state index is -3.46. The minimum absolute atomic E-state index is 0.0434. The molecule has 1 aromatic carbocycles. The van der Waals surface area contributed by atoms with Gasteiger partial charge in [-0.15, -0.1) is 0 Å². The number of benzene rings is 1. The molecule has 0 saturated carbocycles. The second-order valence-electron chi connectivity index (χ2n) is 4.27. The molecular weight excluding hydrogens is 314 g/mol. The van der Waals surface area contributed by atoms with E-state index in [0.717, 1.165) is 0 Å².